The average molecular weight is 372 g/mol. The van der Waals surface area contributed by atoms with E-state index in [1.807, 2.05) is 50.2 Å². The van der Waals surface area contributed by atoms with Crippen molar-refractivity contribution in [3.05, 3.63) is 77.4 Å². The van der Waals surface area contributed by atoms with E-state index in [0.717, 1.165) is 28.4 Å². The number of rotatable bonds is 5. The van der Waals surface area contributed by atoms with E-state index < -0.39 is 5.91 Å². The second-order valence-electron chi connectivity index (χ2n) is 6.22. The van der Waals surface area contributed by atoms with Gasteiger partial charge in [0.05, 0.1) is 7.11 Å². The predicted molar refractivity (Wildman–Crippen MR) is 108 cm³/mol. The Morgan fingerprint density at radius 3 is 2.46 bits per heavy atom. The second-order valence-corrected chi connectivity index (χ2v) is 6.22. The van der Waals surface area contributed by atoms with Gasteiger partial charge in [0.15, 0.2) is 0 Å². The van der Waals surface area contributed by atoms with Gasteiger partial charge in [-0.25, -0.2) is 0 Å². The number of anilines is 1. The molecule has 0 fully saturated rings. The summed E-state index contributed by atoms with van der Waals surface area (Å²) in [6.45, 7) is 3.94. The zero-order valence-electron chi connectivity index (χ0n) is 15.9. The van der Waals surface area contributed by atoms with Gasteiger partial charge in [0.2, 0.25) is 0 Å². The molecule has 0 aliphatic carbocycles. The van der Waals surface area contributed by atoms with E-state index in [-0.39, 0.29) is 5.57 Å². The third-order valence-corrected chi connectivity index (χ3v) is 4.40. The van der Waals surface area contributed by atoms with Crippen LogP contribution >= 0.6 is 0 Å². The number of methoxy groups -OCH3 is 1. The Kier molecular flexibility index (Phi) is 5.56. The molecule has 1 aromatic carbocycles. The monoisotopic (exact) mass is 372 g/mol. The molecule has 0 saturated carbocycles. The number of hydrogen-bond donors (Lipinski definition) is 1. The van der Waals surface area contributed by atoms with Gasteiger partial charge in [-0.2, -0.15) is 5.26 Å². The van der Waals surface area contributed by atoms with E-state index in [1.54, 1.807) is 37.7 Å². The lowest BCUT2D eigenvalue weighted by molar-refractivity contribution is -0.112. The quantitative estimate of drug-likeness (QED) is 0.541. The van der Waals surface area contributed by atoms with Gasteiger partial charge < -0.3 is 14.6 Å². The summed E-state index contributed by atoms with van der Waals surface area (Å²) in [4.78, 5) is 16.4. The van der Waals surface area contributed by atoms with Crippen LogP contribution < -0.4 is 10.1 Å². The van der Waals surface area contributed by atoms with E-state index in [9.17, 15) is 10.1 Å². The van der Waals surface area contributed by atoms with Gasteiger partial charge in [0.25, 0.3) is 5.91 Å². The molecular formula is C22H20N4O2. The van der Waals surface area contributed by atoms with E-state index in [1.165, 1.54) is 0 Å². The van der Waals surface area contributed by atoms with Crippen LogP contribution in [0.5, 0.6) is 5.75 Å². The summed E-state index contributed by atoms with van der Waals surface area (Å²) in [6.07, 6.45) is 4.76. The molecule has 3 rings (SSSR count). The highest BCUT2D eigenvalue weighted by atomic mass is 16.5. The largest absolute Gasteiger partial charge is 0.497 e. The number of hydrogen-bond acceptors (Lipinski definition) is 4. The van der Waals surface area contributed by atoms with E-state index in [2.05, 4.69) is 14.9 Å². The summed E-state index contributed by atoms with van der Waals surface area (Å²) in [5.74, 6) is 0.328. The Labute approximate surface area is 163 Å². The lowest BCUT2D eigenvalue weighted by Gasteiger charge is -2.10. The maximum atomic E-state index is 12.4. The zero-order valence-corrected chi connectivity index (χ0v) is 15.9. The van der Waals surface area contributed by atoms with Crippen molar-refractivity contribution in [2.75, 3.05) is 12.4 Å². The molecule has 6 heteroatoms. The number of aromatic nitrogens is 2. The minimum Gasteiger partial charge on any atom is -0.497 e. The smallest absolute Gasteiger partial charge is 0.266 e. The average Bonchev–Trinajstić information content (AvgIpc) is 3.00. The number of nitrogens with one attached hydrogen (secondary N) is 1. The molecule has 0 atom stereocenters. The first-order chi connectivity index (χ1) is 13.5. The van der Waals surface area contributed by atoms with Crippen LogP contribution in [0.25, 0.3) is 11.8 Å². The number of carbonyl (C=O) groups excluding carboxylic acids is 1. The van der Waals surface area contributed by atoms with Crippen LogP contribution in [0.1, 0.15) is 17.0 Å². The lowest BCUT2D eigenvalue weighted by atomic mass is 10.1. The van der Waals surface area contributed by atoms with Crippen molar-refractivity contribution in [1.82, 2.24) is 9.55 Å². The van der Waals surface area contributed by atoms with Gasteiger partial charge in [0.1, 0.15) is 17.4 Å². The van der Waals surface area contributed by atoms with Crippen molar-refractivity contribution in [3.8, 4) is 17.5 Å². The Morgan fingerprint density at radius 2 is 1.86 bits per heavy atom. The molecule has 0 spiro atoms. The van der Waals surface area contributed by atoms with Gasteiger partial charge in [-0.3, -0.25) is 9.78 Å². The molecule has 0 unspecified atom stereocenters. The van der Waals surface area contributed by atoms with Crippen molar-refractivity contribution in [1.29, 1.82) is 5.26 Å². The van der Waals surface area contributed by atoms with Crippen LogP contribution in [0.2, 0.25) is 0 Å². The first kappa shape index (κ1) is 18.9. The Bertz CT molecular complexity index is 1060. The van der Waals surface area contributed by atoms with Gasteiger partial charge >= 0.3 is 0 Å². The number of pyridine rings is 1. The summed E-state index contributed by atoms with van der Waals surface area (Å²) in [7, 11) is 1.63. The Morgan fingerprint density at radius 1 is 1.18 bits per heavy atom. The number of nitrogens with zero attached hydrogens (tertiary/aromatic N) is 3. The fourth-order valence-electron chi connectivity index (χ4n) is 3.00. The highest BCUT2D eigenvalue weighted by Crippen LogP contribution is 2.24. The molecule has 6 nitrogen and oxygen atoms in total. The molecule has 2 heterocycles. The van der Waals surface area contributed by atoms with Gasteiger partial charge in [-0.1, -0.05) is 0 Å². The third kappa shape index (κ3) is 3.94. The highest BCUT2D eigenvalue weighted by Gasteiger charge is 2.14. The van der Waals surface area contributed by atoms with Crippen LogP contribution in [0.4, 0.5) is 5.69 Å². The molecule has 28 heavy (non-hydrogen) atoms. The van der Waals surface area contributed by atoms with Crippen molar-refractivity contribution in [2.24, 2.45) is 0 Å². The minimum absolute atomic E-state index is 0.0341. The van der Waals surface area contributed by atoms with Crippen LogP contribution in [0, 0.1) is 25.2 Å². The van der Waals surface area contributed by atoms with Crippen LogP contribution in [0.15, 0.2) is 60.4 Å². The van der Waals surface area contributed by atoms with Crippen molar-refractivity contribution in [3.63, 3.8) is 0 Å². The summed E-state index contributed by atoms with van der Waals surface area (Å²) in [5, 5.41) is 12.2. The van der Waals surface area contributed by atoms with Gasteiger partial charge in [-0.05, 0) is 68.0 Å². The fourth-order valence-corrected chi connectivity index (χ4v) is 3.00. The van der Waals surface area contributed by atoms with Crippen molar-refractivity contribution < 1.29 is 9.53 Å². The molecule has 1 amide bonds. The molecule has 2 aromatic heterocycles. The highest BCUT2D eigenvalue weighted by molar-refractivity contribution is 6.09. The van der Waals surface area contributed by atoms with E-state index in [4.69, 9.17) is 4.74 Å². The molecule has 140 valence electrons. The summed E-state index contributed by atoms with van der Waals surface area (Å²) < 4.78 is 7.28. The Hall–Kier alpha value is -3.85. The van der Waals surface area contributed by atoms with Crippen molar-refractivity contribution >= 4 is 17.7 Å². The number of benzene rings is 1. The van der Waals surface area contributed by atoms with E-state index >= 15 is 0 Å². The lowest BCUT2D eigenvalue weighted by Crippen LogP contribution is -2.13. The maximum absolute atomic E-state index is 12.4. The number of ether oxygens (including phenoxy) is 1. The zero-order chi connectivity index (χ0) is 20.1. The number of amides is 1. The SMILES string of the molecule is COc1ccc(-n2c(C)cc(/C=C(/C#N)C(=O)Nc3ccncc3)c2C)cc1. The van der Waals surface area contributed by atoms with Crippen LogP contribution in [-0.4, -0.2) is 22.6 Å². The minimum atomic E-state index is -0.456. The van der Waals surface area contributed by atoms with Crippen LogP contribution in [-0.2, 0) is 4.79 Å². The predicted octanol–water partition coefficient (Wildman–Crippen LogP) is 4.04. The molecule has 1 N–H and O–H groups in total. The fraction of sp³-hybridized carbons (Fsp3) is 0.136. The number of nitriles is 1. The van der Waals surface area contributed by atoms with Gasteiger partial charge in [-0.15, -0.1) is 0 Å². The molecular weight excluding hydrogens is 352 g/mol. The number of aryl methyl sites for hydroxylation is 1. The van der Waals surface area contributed by atoms with Crippen molar-refractivity contribution in [2.45, 2.75) is 13.8 Å². The standard InChI is InChI=1S/C22H20N4O2/c1-15-12-17(16(2)26(15)20-4-6-21(28-3)7-5-20)13-18(14-23)22(27)25-19-8-10-24-11-9-19/h4-13H,1-3H3,(H,24,25,27)/b18-13-. The van der Waals surface area contributed by atoms with E-state index in [0.29, 0.717) is 5.69 Å². The summed E-state index contributed by atoms with van der Waals surface area (Å²) in [6, 6.07) is 15.0. The second kappa shape index (κ2) is 8.23. The first-order valence-corrected chi connectivity index (χ1v) is 8.70. The summed E-state index contributed by atoms with van der Waals surface area (Å²) >= 11 is 0. The molecule has 0 aliphatic rings. The molecule has 0 bridgehead atoms. The Balaban J connectivity index is 1.92. The molecule has 0 radical (unpaired) electrons. The summed E-state index contributed by atoms with van der Waals surface area (Å²) in [5.41, 5.74) is 4.36. The van der Waals surface area contributed by atoms with Crippen LogP contribution in [0.3, 0.4) is 0 Å². The first-order valence-electron chi connectivity index (χ1n) is 8.70. The number of carbonyl (C=O) groups is 1. The normalized spacial score (nSPS) is 11.0. The molecule has 3 aromatic rings. The topological polar surface area (TPSA) is 79.9 Å². The molecule has 0 saturated heterocycles. The van der Waals surface area contributed by atoms with Gasteiger partial charge in [0, 0.05) is 35.2 Å². The molecule has 0 aliphatic heterocycles. The maximum Gasteiger partial charge on any atom is 0.266 e. The third-order valence-electron chi connectivity index (χ3n) is 4.40.